The number of methoxy groups -OCH3 is 1. The van der Waals surface area contributed by atoms with Crippen LogP contribution in [0.15, 0.2) is 40.9 Å². The summed E-state index contributed by atoms with van der Waals surface area (Å²) in [6.07, 6.45) is 3.92. The normalized spacial score (nSPS) is 38.7. The van der Waals surface area contributed by atoms with Gasteiger partial charge in [0.2, 0.25) is 0 Å². The smallest absolute Gasteiger partial charge is 0.320 e. The predicted octanol–water partition coefficient (Wildman–Crippen LogP) is 2.22. The summed E-state index contributed by atoms with van der Waals surface area (Å²) in [5.74, 6) is -0.403. The van der Waals surface area contributed by atoms with Gasteiger partial charge in [-0.05, 0) is 31.4 Å². The molecule has 0 amide bonds. The van der Waals surface area contributed by atoms with Crippen molar-refractivity contribution in [1.29, 1.82) is 0 Å². The van der Waals surface area contributed by atoms with Gasteiger partial charge in [0.15, 0.2) is 0 Å². The maximum Gasteiger partial charge on any atom is 0.320 e. The molecular formula is C21H24N2O3. The molecule has 26 heavy (non-hydrogen) atoms. The lowest BCUT2D eigenvalue weighted by Crippen LogP contribution is -2.67. The van der Waals surface area contributed by atoms with Crippen molar-refractivity contribution in [2.75, 3.05) is 26.8 Å². The summed E-state index contributed by atoms with van der Waals surface area (Å²) in [4.78, 5) is 20.7. The van der Waals surface area contributed by atoms with Crippen LogP contribution < -0.4 is 0 Å². The Kier molecular flexibility index (Phi) is 3.29. The summed E-state index contributed by atoms with van der Waals surface area (Å²) < 4.78 is 5.26. The van der Waals surface area contributed by atoms with Gasteiger partial charge in [-0.2, -0.15) is 0 Å². The number of ether oxygens (including phenoxy) is 1. The van der Waals surface area contributed by atoms with Crippen LogP contribution in [0.4, 0.5) is 5.69 Å². The fourth-order valence-corrected chi connectivity index (χ4v) is 6.24. The maximum absolute atomic E-state index is 13.1. The molecule has 3 heterocycles. The molecule has 0 unspecified atom stereocenters. The summed E-state index contributed by atoms with van der Waals surface area (Å²) in [5, 5.41) is 10.6. The molecule has 3 aliphatic heterocycles. The van der Waals surface area contributed by atoms with E-state index in [-0.39, 0.29) is 23.9 Å². The number of rotatable bonds is 2. The Morgan fingerprint density at radius 2 is 2.27 bits per heavy atom. The first-order chi connectivity index (χ1) is 12.6. The summed E-state index contributed by atoms with van der Waals surface area (Å²) in [6, 6.07) is 8.56. The second-order valence-corrected chi connectivity index (χ2v) is 7.96. The van der Waals surface area contributed by atoms with Crippen molar-refractivity contribution in [3.05, 3.63) is 41.5 Å². The van der Waals surface area contributed by atoms with Crippen molar-refractivity contribution in [2.24, 2.45) is 16.3 Å². The standard InChI is InChI=1S/C21H24N2O3/c1-3-13-11-23-9-8-20-14-6-4-5-7-16(14)22-18(20)21(12-24,19(25)26-2)15(13)10-17(20)23/h3-7,15,17,24H,8-12H2,1-2H3/t15-,17-,20+,21+/m0/s1. The molecule has 5 heteroatoms. The van der Waals surface area contributed by atoms with Gasteiger partial charge in [-0.25, -0.2) is 0 Å². The Bertz CT molecular complexity index is 861. The molecule has 2 saturated heterocycles. The number of aliphatic hydroxyl groups is 1. The van der Waals surface area contributed by atoms with Crippen LogP contribution in [-0.4, -0.2) is 54.5 Å². The average Bonchev–Trinajstić information content (AvgIpc) is 3.24. The molecule has 4 atom stereocenters. The van der Waals surface area contributed by atoms with Gasteiger partial charge >= 0.3 is 5.97 Å². The minimum Gasteiger partial charge on any atom is -0.468 e. The number of hydrogen-bond donors (Lipinski definition) is 1. The number of hydrogen-bond acceptors (Lipinski definition) is 5. The SMILES string of the molecule is CC=C1CN2CC[C@@]34C(=Nc5ccccc53)[C@](CO)(C(=O)OC)[C@H]1C[C@H]24. The van der Waals surface area contributed by atoms with E-state index in [1.54, 1.807) is 0 Å². The third-order valence-electron chi connectivity index (χ3n) is 7.32. The highest BCUT2D eigenvalue weighted by atomic mass is 16.5. The average molecular weight is 352 g/mol. The number of esters is 1. The van der Waals surface area contributed by atoms with Crippen molar-refractivity contribution in [3.63, 3.8) is 0 Å². The lowest BCUT2D eigenvalue weighted by molar-refractivity contribution is -0.155. The molecule has 1 spiro atoms. The summed E-state index contributed by atoms with van der Waals surface area (Å²) in [6.45, 7) is 3.62. The Hall–Kier alpha value is -1.98. The summed E-state index contributed by atoms with van der Waals surface area (Å²) in [5.41, 5.74) is 2.86. The third-order valence-corrected chi connectivity index (χ3v) is 7.32. The Labute approximate surface area is 153 Å². The number of nitrogens with zero attached hydrogens (tertiary/aromatic N) is 2. The number of piperidine rings is 1. The molecule has 1 aromatic rings. The van der Waals surface area contributed by atoms with E-state index in [9.17, 15) is 9.90 Å². The number of para-hydroxylation sites is 1. The van der Waals surface area contributed by atoms with Crippen molar-refractivity contribution >= 4 is 17.4 Å². The molecule has 1 aliphatic carbocycles. The van der Waals surface area contributed by atoms with Crippen LogP contribution in [0.5, 0.6) is 0 Å². The predicted molar refractivity (Wildman–Crippen MR) is 98.6 cm³/mol. The minimum absolute atomic E-state index is 0.0505. The first kappa shape index (κ1) is 16.2. The van der Waals surface area contributed by atoms with E-state index in [1.165, 1.54) is 18.2 Å². The van der Waals surface area contributed by atoms with Crippen LogP contribution in [0.25, 0.3) is 0 Å². The van der Waals surface area contributed by atoms with E-state index in [0.717, 1.165) is 37.3 Å². The lowest BCUT2D eigenvalue weighted by Gasteiger charge is -2.56. The maximum atomic E-state index is 13.1. The van der Waals surface area contributed by atoms with Crippen LogP contribution in [0.3, 0.4) is 0 Å². The zero-order valence-electron chi connectivity index (χ0n) is 15.2. The summed E-state index contributed by atoms with van der Waals surface area (Å²) >= 11 is 0. The Morgan fingerprint density at radius 1 is 1.46 bits per heavy atom. The van der Waals surface area contributed by atoms with Gasteiger partial charge in [-0.3, -0.25) is 14.7 Å². The number of fused-ring (bicyclic) bond motifs is 2. The van der Waals surface area contributed by atoms with Crippen molar-refractivity contribution in [1.82, 2.24) is 4.90 Å². The fraction of sp³-hybridized carbons (Fsp3) is 0.524. The zero-order chi connectivity index (χ0) is 18.1. The van der Waals surface area contributed by atoms with E-state index in [4.69, 9.17) is 9.73 Å². The van der Waals surface area contributed by atoms with Crippen molar-refractivity contribution in [3.8, 4) is 0 Å². The van der Waals surface area contributed by atoms with E-state index in [1.807, 2.05) is 19.1 Å². The second-order valence-electron chi connectivity index (χ2n) is 7.96. The van der Waals surface area contributed by atoms with Gasteiger partial charge in [0.05, 0.1) is 30.5 Å². The molecule has 1 saturated carbocycles. The number of carbonyl (C=O) groups is 1. The van der Waals surface area contributed by atoms with Gasteiger partial charge in [-0.15, -0.1) is 0 Å². The fourth-order valence-electron chi connectivity index (χ4n) is 6.24. The van der Waals surface area contributed by atoms with Gasteiger partial charge in [0, 0.05) is 25.0 Å². The monoisotopic (exact) mass is 352 g/mol. The van der Waals surface area contributed by atoms with Gasteiger partial charge in [0.25, 0.3) is 0 Å². The molecule has 136 valence electrons. The third kappa shape index (κ3) is 1.60. The summed E-state index contributed by atoms with van der Waals surface area (Å²) in [7, 11) is 1.42. The lowest BCUT2D eigenvalue weighted by atomic mass is 9.50. The number of aliphatic hydroxyl groups excluding tert-OH is 1. The van der Waals surface area contributed by atoms with E-state index >= 15 is 0 Å². The van der Waals surface area contributed by atoms with Crippen molar-refractivity contribution < 1.29 is 14.6 Å². The quantitative estimate of drug-likeness (QED) is 0.655. The van der Waals surface area contributed by atoms with Crippen LogP contribution in [0, 0.1) is 11.3 Å². The van der Waals surface area contributed by atoms with Crippen molar-refractivity contribution in [2.45, 2.75) is 31.2 Å². The highest BCUT2D eigenvalue weighted by molar-refractivity contribution is 6.17. The van der Waals surface area contributed by atoms with Gasteiger partial charge in [-0.1, -0.05) is 29.8 Å². The Balaban J connectivity index is 1.83. The first-order valence-electron chi connectivity index (χ1n) is 9.41. The molecule has 5 rings (SSSR count). The highest BCUT2D eigenvalue weighted by Gasteiger charge is 2.70. The highest BCUT2D eigenvalue weighted by Crippen LogP contribution is 2.63. The largest absolute Gasteiger partial charge is 0.468 e. The first-order valence-corrected chi connectivity index (χ1v) is 9.41. The minimum atomic E-state index is -1.08. The van der Waals surface area contributed by atoms with Gasteiger partial charge < -0.3 is 9.84 Å². The molecule has 0 aromatic heterocycles. The molecule has 3 fully saturated rings. The van der Waals surface area contributed by atoms with E-state index in [2.05, 4.69) is 23.1 Å². The van der Waals surface area contributed by atoms with Gasteiger partial charge in [0.1, 0.15) is 5.41 Å². The van der Waals surface area contributed by atoms with Crippen LogP contribution >= 0.6 is 0 Å². The molecule has 1 N–H and O–H groups in total. The molecule has 5 nitrogen and oxygen atoms in total. The molecular weight excluding hydrogens is 328 g/mol. The van der Waals surface area contributed by atoms with E-state index < -0.39 is 5.41 Å². The number of aliphatic imine (C=N–C) groups is 1. The number of benzene rings is 1. The Morgan fingerprint density at radius 3 is 3.00 bits per heavy atom. The molecule has 2 bridgehead atoms. The second kappa shape index (κ2) is 5.27. The molecule has 1 aromatic carbocycles. The number of carbonyl (C=O) groups excluding carboxylic acids is 1. The van der Waals surface area contributed by atoms with Crippen LogP contribution in [0.1, 0.15) is 25.3 Å². The van der Waals surface area contributed by atoms with E-state index in [0.29, 0.717) is 6.04 Å². The van der Waals surface area contributed by atoms with Crippen LogP contribution in [-0.2, 0) is 14.9 Å². The zero-order valence-corrected chi connectivity index (χ0v) is 15.2. The molecule has 0 radical (unpaired) electrons. The topological polar surface area (TPSA) is 62.1 Å². The van der Waals surface area contributed by atoms with Crippen LogP contribution in [0.2, 0.25) is 0 Å². The number of allylic oxidation sites excluding steroid dienone is 1. The molecule has 4 aliphatic rings.